The van der Waals surface area contributed by atoms with E-state index in [1.165, 1.54) is 0 Å². The molecule has 0 fully saturated rings. The van der Waals surface area contributed by atoms with E-state index in [2.05, 4.69) is 10.0 Å². The molecule has 4 nitrogen and oxygen atoms in total. The van der Waals surface area contributed by atoms with Gasteiger partial charge in [0.05, 0.1) is 0 Å². The number of sulfonamides is 1. The quantitative estimate of drug-likeness (QED) is 0.840. The van der Waals surface area contributed by atoms with Gasteiger partial charge in [-0.1, -0.05) is 6.92 Å². The fourth-order valence-electron chi connectivity index (χ4n) is 1.57. The second kappa shape index (κ2) is 6.40. The van der Waals surface area contributed by atoms with E-state index >= 15 is 0 Å². The van der Waals surface area contributed by atoms with E-state index < -0.39 is 26.6 Å². The van der Waals surface area contributed by atoms with E-state index in [0.29, 0.717) is 6.54 Å². The van der Waals surface area contributed by atoms with Crippen LogP contribution in [0.2, 0.25) is 0 Å². The molecule has 0 aromatic heterocycles. The Morgan fingerprint density at radius 1 is 1.26 bits per heavy atom. The standard InChI is InChI=1S/C12H18F2N2O2S/c1-4-15-7-9-10(13)5-6-11(12(9)14)19(17,18)16-8(2)3/h5-6,8,15-16H,4,7H2,1-3H3. The van der Waals surface area contributed by atoms with Crippen LogP contribution in [-0.4, -0.2) is 21.0 Å². The topological polar surface area (TPSA) is 58.2 Å². The Bertz CT molecular complexity index is 545. The molecule has 1 rings (SSSR count). The first-order valence-corrected chi connectivity index (χ1v) is 7.47. The van der Waals surface area contributed by atoms with Crippen molar-refractivity contribution in [2.24, 2.45) is 0 Å². The van der Waals surface area contributed by atoms with Crippen LogP contribution in [0, 0.1) is 11.6 Å². The molecule has 1 aromatic carbocycles. The molecule has 0 bridgehead atoms. The predicted octanol–water partition coefficient (Wildman–Crippen LogP) is 1.76. The summed E-state index contributed by atoms with van der Waals surface area (Å²) in [6.07, 6.45) is 0. The molecular weight excluding hydrogens is 274 g/mol. The number of benzene rings is 1. The molecule has 1 aromatic rings. The van der Waals surface area contributed by atoms with Crippen molar-refractivity contribution in [1.29, 1.82) is 0 Å². The summed E-state index contributed by atoms with van der Waals surface area (Å²) in [4.78, 5) is -0.532. The lowest BCUT2D eigenvalue weighted by Crippen LogP contribution is -2.31. The summed E-state index contributed by atoms with van der Waals surface area (Å²) in [7, 11) is -3.97. The predicted molar refractivity (Wildman–Crippen MR) is 69.2 cm³/mol. The van der Waals surface area contributed by atoms with Crippen LogP contribution in [0.4, 0.5) is 8.78 Å². The first-order chi connectivity index (χ1) is 8.79. The van der Waals surface area contributed by atoms with Gasteiger partial charge in [0.15, 0.2) is 5.82 Å². The van der Waals surface area contributed by atoms with Gasteiger partial charge in [-0.15, -0.1) is 0 Å². The van der Waals surface area contributed by atoms with Gasteiger partial charge >= 0.3 is 0 Å². The van der Waals surface area contributed by atoms with Crippen molar-refractivity contribution in [1.82, 2.24) is 10.0 Å². The second-order valence-electron chi connectivity index (χ2n) is 4.39. The maximum Gasteiger partial charge on any atom is 0.243 e. The highest BCUT2D eigenvalue weighted by atomic mass is 32.2. The second-order valence-corrected chi connectivity index (χ2v) is 6.08. The molecule has 0 heterocycles. The van der Waals surface area contributed by atoms with E-state index in [-0.39, 0.29) is 18.2 Å². The third-order valence-corrected chi connectivity index (χ3v) is 4.06. The molecule has 0 radical (unpaired) electrons. The lowest BCUT2D eigenvalue weighted by molar-refractivity contribution is 0.512. The van der Waals surface area contributed by atoms with Crippen LogP contribution < -0.4 is 10.0 Å². The number of nitrogens with one attached hydrogen (secondary N) is 2. The SMILES string of the molecule is CCNCc1c(F)ccc(S(=O)(=O)NC(C)C)c1F. The number of rotatable bonds is 6. The van der Waals surface area contributed by atoms with Crippen molar-refractivity contribution < 1.29 is 17.2 Å². The maximum absolute atomic E-state index is 14.1. The Kier molecular flexibility index (Phi) is 5.39. The van der Waals surface area contributed by atoms with Gasteiger partial charge in [-0.3, -0.25) is 0 Å². The van der Waals surface area contributed by atoms with Gasteiger partial charge in [-0.25, -0.2) is 21.9 Å². The molecular formula is C12H18F2N2O2S. The summed E-state index contributed by atoms with van der Waals surface area (Å²) in [5.74, 6) is -1.81. The molecule has 0 unspecified atom stereocenters. The highest BCUT2D eigenvalue weighted by Crippen LogP contribution is 2.21. The molecule has 0 atom stereocenters. The lowest BCUT2D eigenvalue weighted by atomic mass is 10.2. The Hall–Kier alpha value is -1.05. The minimum Gasteiger partial charge on any atom is -0.313 e. The van der Waals surface area contributed by atoms with Crippen molar-refractivity contribution in [3.63, 3.8) is 0 Å². The molecule has 0 saturated carbocycles. The average Bonchev–Trinajstić information content (AvgIpc) is 2.26. The maximum atomic E-state index is 14.1. The molecule has 19 heavy (non-hydrogen) atoms. The molecule has 2 N–H and O–H groups in total. The zero-order valence-electron chi connectivity index (χ0n) is 11.1. The highest BCUT2D eigenvalue weighted by molar-refractivity contribution is 7.89. The largest absolute Gasteiger partial charge is 0.313 e. The van der Waals surface area contributed by atoms with Gasteiger partial charge in [-0.05, 0) is 32.5 Å². The molecule has 0 aliphatic carbocycles. The van der Waals surface area contributed by atoms with Crippen molar-refractivity contribution in [2.75, 3.05) is 6.54 Å². The van der Waals surface area contributed by atoms with Gasteiger partial charge in [0.1, 0.15) is 10.7 Å². The van der Waals surface area contributed by atoms with Crippen LogP contribution >= 0.6 is 0 Å². The monoisotopic (exact) mass is 292 g/mol. The summed E-state index contributed by atoms with van der Waals surface area (Å²) >= 11 is 0. The zero-order chi connectivity index (χ0) is 14.6. The van der Waals surface area contributed by atoms with Crippen LogP contribution in [0.3, 0.4) is 0 Å². The Labute approximate surface area is 112 Å². The van der Waals surface area contributed by atoms with E-state index in [1.807, 2.05) is 0 Å². The van der Waals surface area contributed by atoms with Crippen molar-refractivity contribution in [2.45, 2.75) is 38.3 Å². The van der Waals surface area contributed by atoms with Crippen LogP contribution in [0.25, 0.3) is 0 Å². The number of hydrogen-bond acceptors (Lipinski definition) is 3. The van der Waals surface area contributed by atoms with E-state index in [0.717, 1.165) is 12.1 Å². The van der Waals surface area contributed by atoms with Gasteiger partial charge in [-0.2, -0.15) is 0 Å². The molecule has 0 aliphatic heterocycles. The van der Waals surface area contributed by atoms with E-state index in [1.54, 1.807) is 20.8 Å². The lowest BCUT2D eigenvalue weighted by Gasteiger charge is -2.13. The van der Waals surface area contributed by atoms with Crippen molar-refractivity contribution >= 4 is 10.0 Å². The summed E-state index contributed by atoms with van der Waals surface area (Å²) in [5, 5.41) is 2.77. The third kappa shape index (κ3) is 3.95. The Balaban J connectivity index is 3.23. The average molecular weight is 292 g/mol. The molecule has 108 valence electrons. The van der Waals surface area contributed by atoms with E-state index in [9.17, 15) is 17.2 Å². The van der Waals surface area contributed by atoms with Crippen molar-refractivity contribution in [3.05, 3.63) is 29.3 Å². The molecule has 7 heteroatoms. The van der Waals surface area contributed by atoms with Crippen LogP contribution in [0.5, 0.6) is 0 Å². The van der Waals surface area contributed by atoms with Crippen LogP contribution in [0.15, 0.2) is 17.0 Å². The van der Waals surface area contributed by atoms with E-state index in [4.69, 9.17) is 0 Å². The summed E-state index contributed by atoms with van der Waals surface area (Å²) in [5.41, 5.74) is -0.270. The summed E-state index contributed by atoms with van der Waals surface area (Å²) in [6.45, 7) is 5.51. The fourth-order valence-corrected chi connectivity index (χ4v) is 2.92. The third-order valence-electron chi connectivity index (χ3n) is 2.38. The van der Waals surface area contributed by atoms with Crippen LogP contribution in [-0.2, 0) is 16.6 Å². The Morgan fingerprint density at radius 3 is 2.42 bits per heavy atom. The van der Waals surface area contributed by atoms with Gasteiger partial charge in [0.2, 0.25) is 10.0 Å². The molecule has 0 amide bonds. The minimum absolute atomic E-state index is 0.0563. The first kappa shape index (κ1) is 16.0. The Morgan fingerprint density at radius 2 is 1.89 bits per heavy atom. The molecule has 0 spiro atoms. The summed E-state index contributed by atoms with van der Waals surface area (Å²) < 4.78 is 53.7. The number of hydrogen-bond donors (Lipinski definition) is 2. The van der Waals surface area contributed by atoms with Gasteiger partial charge in [0, 0.05) is 18.2 Å². The smallest absolute Gasteiger partial charge is 0.243 e. The first-order valence-electron chi connectivity index (χ1n) is 5.99. The van der Waals surface area contributed by atoms with Gasteiger partial charge < -0.3 is 5.32 Å². The fraction of sp³-hybridized carbons (Fsp3) is 0.500. The minimum atomic E-state index is -3.97. The normalized spacial score (nSPS) is 12.1. The van der Waals surface area contributed by atoms with Gasteiger partial charge in [0.25, 0.3) is 0 Å². The summed E-state index contributed by atoms with van der Waals surface area (Å²) in [6, 6.07) is 1.53. The van der Waals surface area contributed by atoms with Crippen molar-refractivity contribution in [3.8, 4) is 0 Å². The molecule has 0 aliphatic rings. The zero-order valence-corrected chi connectivity index (χ0v) is 11.9. The van der Waals surface area contributed by atoms with Crippen LogP contribution in [0.1, 0.15) is 26.3 Å². The molecule has 0 saturated heterocycles. The number of halogens is 2. The highest BCUT2D eigenvalue weighted by Gasteiger charge is 2.23.